The Labute approximate surface area is 164 Å². The van der Waals surface area contributed by atoms with Crippen molar-refractivity contribution in [2.75, 3.05) is 6.54 Å². The van der Waals surface area contributed by atoms with Crippen LogP contribution >= 0.6 is 0 Å². The smallest absolute Gasteiger partial charge is 0.251 e. The predicted octanol–water partition coefficient (Wildman–Crippen LogP) is 5.43. The number of carbonyl (C=O) groups excluding carboxylic acids is 1. The van der Waals surface area contributed by atoms with Crippen LogP contribution in [0.15, 0.2) is 73.1 Å². The van der Waals surface area contributed by atoms with Crippen LogP contribution in [0.1, 0.15) is 30.1 Å². The second-order valence-corrected chi connectivity index (χ2v) is 6.88. The van der Waals surface area contributed by atoms with E-state index in [2.05, 4.69) is 40.4 Å². The first-order chi connectivity index (χ1) is 13.8. The zero-order valence-corrected chi connectivity index (χ0v) is 15.9. The van der Waals surface area contributed by atoms with E-state index in [4.69, 9.17) is 0 Å². The number of fused-ring (bicyclic) bond motifs is 1. The van der Waals surface area contributed by atoms with Crippen molar-refractivity contribution in [2.45, 2.75) is 19.8 Å². The Balaban J connectivity index is 1.69. The van der Waals surface area contributed by atoms with Gasteiger partial charge in [-0.15, -0.1) is 0 Å². The summed E-state index contributed by atoms with van der Waals surface area (Å²) in [6, 6.07) is 20.1. The summed E-state index contributed by atoms with van der Waals surface area (Å²) < 4.78 is 0. The largest absolute Gasteiger partial charge is 0.352 e. The molecule has 4 nitrogen and oxygen atoms in total. The minimum absolute atomic E-state index is 0.0294. The number of amides is 1. The summed E-state index contributed by atoms with van der Waals surface area (Å²) in [5.74, 6) is -0.0294. The molecular weight excluding hydrogens is 346 g/mol. The zero-order chi connectivity index (χ0) is 19.3. The van der Waals surface area contributed by atoms with E-state index in [-0.39, 0.29) is 5.91 Å². The quantitative estimate of drug-likeness (QED) is 0.445. The maximum atomic E-state index is 12.4. The second kappa shape index (κ2) is 8.09. The monoisotopic (exact) mass is 369 g/mol. The van der Waals surface area contributed by atoms with E-state index in [1.807, 2.05) is 54.9 Å². The summed E-state index contributed by atoms with van der Waals surface area (Å²) in [6.45, 7) is 2.82. The van der Waals surface area contributed by atoms with Crippen molar-refractivity contribution >= 4 is 16.9 Å². The van der Waals surface area contributed by atoms with Crippen LogP contribution in [0.3, 0.4) is 0 Å². The van der Waals surface area contributed by atoms with Gasteiger partial charge in [0.2, 0.25) is 0 Å². The van der Waals surface area contributed by atoms with Gasteiger partial charge < -0.3 is 10.3 Å². The first kappa shape index (κ1) is 18.0. The Hall–Kier alpha value is -3.40. The Morgan fingerprint density at radius 2 is 1.82 bits per heavy atom. The van der Waals surface area contributed by atoms with Gasteiger partial charge in [0, 0.05) is 41.0 Å². The standard InChI is InChI=1S/C24H23N3O/c1-2-3-12-25-24(28)19-11-7-10-18(13-19)22-16-27-23-21(22)14-20(15-26-23)17-8-5-4-6-9-17/h4-11,13-16H,2-3,12H2,1H3,(H,25,28)(H,26,27). The fraction of sp³-hybridized carbons (Fsp3) is 0.167. The van der Waals surface area contributed by atoms with Crippen LogP contribution in [0.4, 0.5) is 0 Å². The molecule has 2 heterocycles. The number of rotatable bonds is 6. The third kappa shape index (κ3) is 3.67. The molecule has 0 aliphatic heterocycles. The van der Waals surface area contributed by atoms with Crippen molar-refractivity contribution in [1.29, 1.82) is 0 Å². The average Bonchev–Trinajstić information content (AvgIpc) is 3.18. The first-order valence-corrected chi connectivity index (χ1v) is 9.67. The lowest BCUT2D eigenvalue weighted by Gasteiger charge is -2.07. The highest BCUT2D eigenvalue weighted by Gasteiger charge is 2.11. The molecule has 4 rings (SSSR count). The van der Waals surface area contributed by atoms with Gasteiger partial charge in [-0.3, -0.25) is 4.79 Å². The van der Waals surface area contributed by atoms with Gasteiger partial charge >= 0.3 is 0 Å². The molecule has 140 valence electrons. The number of unbranched alkanes of at least 4 members (excludes halogenated alkanes) is 1. The van der Waals surface area contributed by atoms with E-state index >= 15 is 0 Å². The molecule has 2 aromatic heterocycles. The van der Waals surface area contributed by atoms with Gasteiger partial charge in [-0.25, -0.2) is 4.98 Å². The molecule has 0 fully saturated rings. The number of pyridine rings is 1. The van der Waals surface area contributed by atoms with E-state index in [1.54, 1.807) is 0 Å². The number of carbonyl (C=O) groups is 1. The molecule has 0 saturated carbocycles. The molecule has 0 bridgehead atoms. The number of hydrogen-bond acceptors (Lipinski definition) is 2. The number of H-pyrrole nitrogens is 1. The Morgan fingerprint density at radius 1 is 1.00 bits per heavy atom. The number of benzene rings is 2. The Morgan fingerprint density at radius 3 is 2.64 bits per heavy atom. The second-order valence-electron chi connectivity index (χ2n) is 6.88. The van der Waals surface area contributed by atoms with Crippen LogP contribution in [0, 0.1) is 0 Å². The van der Waals surface area contributed by atoms with Gasteiger partial charge in [0.1, 0.15) is 5.65 Å². The summed E-state index contributed by atoms with van der Waals surface area (Å²) in [6.07, 6.45) is 5.89. The molecule has 2 N–H and O–H groups in total. The van der Waals surface area contributed by atoms with Crippen molar-refractivity contribution in [2.24, 2.45) is 0 Å². The Bertz CT molecular complexity index is 1100. The van der Waals surface area contributed by atoms with E-state index in [9.17, 15) is 4.79 Å². The van der Waals surface area contributed by atoms with Gasteiger partial charge in [-0.05, 0) is 35.7 Å². The van der Waals surface area contributed by atoms with E-state index in [0.29, 0.717) is 12.1 Å². The molecule has 28 heavy (non-hydrogen) atoms. The van der Waals surface area contributed by atoms with Crippen molar-refractivity contribution in [1.82, 2.24) is 15.3 Å². The highest BCUT2D eigenvalue weighted by molar-refractivity contribution is 5.99. The molecule has 4 aromatic rings. The highest BCUT2D eigenvalue weighted by atomic mass is 16.1. The first-order valence-electron chi connectivity index (χ1n) is 9.67. The minimum Gasteiger partial charge on any atom is -0.352 e. The number of nitrogens with one attached hydrogen (secondary N) is 2. The van der Waals surface area contributed by atoms with Gasteiger partial charge in [0.15, 0.2) is 0 Å². The fourth-order valence-electron chi connectivity index (χ4n) is 3.34. The van der Waals surface area contributed by atoms with Crippen molar-refractivity contribution < 1.29 is 4.79 Å². The highest BCUT2D eigenvalue weighted by Crippen LogP contribution is 2.31. The third-order valence-electron chi connectivity index (χ3n) is 4.89. The van der Waals surface area contributed by atoms with Gasteiger partial charge in [0.05, 0.1) is 0 Å². The van der Waals surface area contributed by atoms with E-state index < -0.39 is 0 Å². The molecule has 1 amide bonds. The lowest BCUT2D eigenvalue weighted by molar-refractivity contribution is 0.0953. The predicted molar refractivity (Wildman–Crippen MR) is 114 cm³/mol. The summed E-state index contributed by atoms with van der Waals surface area (Å²) >= 11 is 0. The lowest BCUT2D eigenvalue weighted by atomic mass is 10.0. The summed E-state index contributed by atoms with van der Waals surface area (Å²) in [5.41, 5.74) is 5.77. The summed E-state index contributed by atoms with van der Waals surface area (Å²) in [7, 11) is 0. The van der Waals surface area contributed by atoms with Crippen LogP contribution in [0.2, 0.25) is 0 Å². The van der Waals surface area contributed by atoms with Crippen LogP contribution < -0.4 is 5.32 Å². The topological polar surface area (TPSA) is 57.8 Å². The van der Waals surface area contributed by atoms with Gasteiger partial charge in [-0.2, -0.15) is 0 Å². The molecule has 0 radical (unpaired) electrons. The summed E-state index contributed by atoms with van der Waals surface area (Å²) in [5, 5.41) is 4.03. The molecule has 0 atom stereocenters. The SMILES string of the molecule is CCCCNC(=O)c1cccc(-c2c[nH]c3ncc(-c4ccccc4)cc23)c1. The maximum absolute atomic E-state index is 12.4. The number of hydrogen-bond donors (Lipinski definition) is 2. The number of aromatic nitrogens is 2. The third-order valence-corrected chi connectivity index (χ3v) is 4.89. The number of aromatic amines is 1. The molecular formula is C24H23N3O. The normalized spacial score (nSPS) is 10.9. The molecule has 4 heteroatoms. The van der Waals surface area contributed by atoms with Crippen molar-refractivity contribution in [3.8, 4) is 22.3 Å². The molecule has 0 saturated heterocycles. The molecule has 0 aliphatic carbocycles. The van der Waals surface area contributed by atoms with Crippen LogP contribution in [0.25, 0.3) is 33.3 Å². The average molecular weight is 369 g/mol. The maximum Gasteiger partial charge on any atom is 0.251 e. The zero-order valence-electron chi connectivity index (χ0n) is 15.9. The van der Waals surface area contributed by atoms with Crippen LogP contribution in [-0.2, 0) is 0 Å². The Kier molecular flexibility index (Phi) is 5.20. The minimum atomic E-state index is -0.0294. The fourth-order valence-corrected chi connectivity index (χ4v) is 3.34. The lowest BCUT2D eigenvalue weighted by Crippen LogP contribution is -2.24. The van der Waals surface area contributed by atoms with Crippen molar-refractivity contribution in [3.05, 3.63) is 78.6 Å². The van der Waals surface area contributed by atoms with Crippen LogP contribution in [-0.4, -0.2) is 22.4 Å². The van der Waals surface area contributed by atoms with Gasteiger partial charge in [-0.1, -0.05) is 55.8 Å². The molecule has 2 aromatic carbocycles. The molecule has 0 unspecified atom stereocenters. The van der Waals surface area contributed by atoms with Gasteiger partial charge in [0.25, 0.3) is 5.91 Å². The van der Waals surface area contributed by atoms with E-state index in [1.165, 1.54) is 0 Å². The van der Waals surface area contributed by atoms with E-state index in [0.717, 1.165) is 46.1 Å². The summed E-state index contributed by atoms with van der Waals surface area (Å²) in [4.78, 5) is 20.2. The molecule has 0 aliphatic rings. The van der Waals surface area contributed by atoms with Crippen molar-refractivity contribution in [3.63, 3.8) is 0 Å². The molecule has 0 spiro atoms. The van der Waals surface area contributed by atoms with Crippen LogP contribution in [0.5, 0.6) is 0 Å². The number of nitrogens with zero attached hydrogens (tertiary/aromatic N) is 1.